The van der Waals surface area contributed by atoms with Crippen molar-refractivity contribution in [2.45, 2.75) is 11.8 Å². The number of hydrogen-bond acceptors (Lipinski definition) is 4. The summed E-state index contributed by atoms with van der Waals surface area (Å²) in [6, 6.07) is 20.6. The molecule has 0 bridgehead atoms. The normalized spacial score (nSPS) is 11.5. The first-order valence-corrected chi connectivity index (χ1v) is 11.3. The molecule has 0 unspecified atom stereocenters. The highest BCUT2D eigenvalue weighted by Crippen LogP contribution is 2.35. The summed E-state index contributed by atoms with van der Waals surface area (Å²) in [6.07, 6.45) is 0. The first-order valence-electron chi connectivity index (χ1n) is 8.50. The molecule has 0 heterocycles. The highest BCUT2D eigenvalue weighted by Gasteiger charge is 2.21. The predicted molar refractivity (Wildman–Crippen MR) is 113 cm³/mol. The number of hydrogen-bond donors (Lipinski definition) is 1. The third kappa shape index (κ3) is 4.36. The van der Waals surface area contributed by atoms with E-state index in [-0.39, 0.29) is 4.90 Å². The number of benzene rings is 3. The molecule has 0 aliphatic heterocycles. The van der Waals surface area contributed by atoms with Crippen LogP contribution in [-0.4, -0.2) is 27.2 Å². The molecular formula is C21H21O5PS. The minimum absolute atomic E-state index is 0.0699. The number of rotatable bonds is 6. The lowest BCUT2D eigenvalue weighted by molar-refractivity contribution is 0.415. The second-order valence-corrected chi connectivity index (χ2v) is 9.77. The van der Waals surface area contributed by atoms with Crippen LogP contribution >= 0.6 is 7.92 Å². The molecule has 146 valence electrons. The van der Waals surface area contributed by atoms with Crippen LogP contribution in [0.2, 0.25) is 0 Å². The quantitative estimate of drug-likeness (QED) is 0.494. The molecule has 28 heavy (non-hydrogen) atoms. The number of aryl methyl sites for hydroxylation is 1. The van der Waals surface area contributed by atoms with Crippen LogP contribution in [0.1, 0.15) is 5.56 Å². The predicted octanol–water partition coefficient (Wildman–Crippen LogP) is 3.02. The van der Waals surface area contributed by atoms with Crippen molar-refractivity contribution in [3.63, 3.8) is 0 Å². The van der Waals surface area contributed by atoms with Gasteiger partial charge in [-0.2, -0.15) is 8.42 Å². The van der Waals surface area contributed by atoms with Gasteiger partial charge in [-0.3, -0.25) is 4.55 Å². The average molecular weight is 416 g/mol. The Hall–Kier alpha value is -2.40. The van der Waals surface area contributed by atoms with E-state index in [1.807, 2.05) is 54.6 Å². The monoisotopic (exact) mass is 416 g/mol. The van der Waals surface area contributed by atoms with Crippen LogP contribution in [0.3, 0.4) is 0 Å². The van der Waals surface area contributed by atoms with E-state index in [1.54, 1.807) is 33.3 Å². The number of ether oxygens (including phenoxy) is 2. The number of methoxy groups -OCH3 is 2. The van der Waals surface area contributed by atoms with Crippen LogP contribution in [0.5, 0.6) is 11.5 Å². The van der Waals surface area contributed by atoms with Crippen LogP contribution in [0.15, 0.2) is 71.6 Å². The summed E-state index contributed by atoms with van der Waals surface area (Å²) in [6.45, 7) is 1.66. The van der Waals surface area contributed by atoms with Crippen molar-refractivity contribution in [3.8, 4) is 11.5 Å². The van der Waals surface area contributed by atoms with Gasteiger partial charge < -0.3 is 9.47 Å². The van der Waals surface area contributed by atoms with Gasteiger partial charge in [0, 0.05) is 0 Å². The molecule has 5 nitrogen and oxygen atoms in total. The van der Waals surface area contributed by atoms with E-state index in [1.165, 1.54) is 0 Å². The topological polar surface area (TPSA) is 72.8 Å². The Bertz CT molecular complexity index is 1010. The van der Waals surface area contributed by atoms with Gasteiger partial charge in [0.15, 0.2) is 0 Å². The van der Waals surface area contributed by atoms with Crippen molar-refractivity contribution in [2.75, 3.05) is 14.2 Å². The van der Waals surface area contributed by atoms with Gasteiger partial charge >= 0.3 is 0 Å². The summed E-state index contributed by atoms with van der Waals surface area (Å²) in [4.78, 5) is -0.0699. The molecule has 3 aromatic rings. The maximum Gasteiger partial charge on any atom is 0.294 e. The molecule has 0 atom stereocenters. The molecule has 0 saturated carbocycles. The Balaban J connectivity index is 2.17. The lowest BCUT2D eigenvalue weighted by Gasteiger charge is -2.21. The average Bonchev–Trinajstić information content (AvgIpc) is 2.69. The molecule has 0 aliphatic carbocycles. The van der Waals surface area contributed by atoms with Crippen molar-refractivity contribution >= 4 is 34.0 Å². The Morgan fingerprint density at radius 3 is 1.57 bits per heavy atom. The summed E-state index contributed by atoms with van der Waals surface area (Å²) in [5.41, 5.74) is 0.505. The Labute approximate surface area is 166 Å². The summed E-state index contributed by atoms with van der Waals surface area (Å²) in [5.74, 6) is 1.49. The van der Waals surface area contributed by atoms with Gasteiger partial charge in [0.25, 0.3) is 10.1 Å². The first kappa shape index (κ1) is 20.3. The third-order valence-corrected chi connectivity index (χ3v) is 7.79. The van der Waals surface area contributed by atoms with E-state index >= 15 is 0 Å². The largest absolute Gasteiger partial charge is 0.497 e. The van der Waals surface area contributed by atoms with Gasteiger partial charge in [-0.1, -0.05) is 36.4 Å². The summed E-state index contributed by atoms with van der Waals surface area (Å²) < 4.78 is 43.7. The van der Waals surface area contributed by atoms with Crippen LogP contribution in [0, 0.1) is 6.92 Å². The smallest absolute Gasteiger partial charge is 0.294 e. The van der Waals surface area contributed by atoms with E-state index in [9.17, 15) is 13.0 Å². The van der Waals surface area contributed by atoms with E-state index in [2.05, 4.69) is 0 Å². The fourth-order valence-electron chi connectivity index (χ4n) is 2.92. The minimum atomic E-state index is -4.30. The maximum absolute atomic E-state index is 11.8. The molecule has 0 radical (unpaired) electrons. The molecule has 7 heteroatoms. The van der Waals surface area contributed by atoms with Gasteiger partial charge in [0.05, 0.1) is 19.1 Å². The third-order valence-electron chi connectivity index (χ3n) is 4.37. The van der Waals surface area contributed by atoms with E-state index in [4.69, 9.17) is 9.47 Å². The van der Waals surface area contributed by atoms with Gasteiger partial charge in [0.2, 0.25) is 0 Å². The van der Waals surface area contributed by atoms with E-state index in [0.717, 1.165) is 27.4 Å². The lowest BCUT2D eigenvalue weighted by Crippen LogP contribution is -2.21. The maximum atomic E-state index is 11.8. The van der Waals surface area contributed by atoms with Crippen LogP contribution < -0.4 is 25.4 Å². The van der Waals surface area contributed by atoms with Crippen molar-refractivity contribution in [1.82, 2.24) is 0 Å². The molecule has 0 amide bonds. The zero-order valence-corrected chi connectivity index (χ0v) is 17.5. The summed E-state index contributed by atoms with van der Waals surface area (Å²) >= 11 is 0. The zero-order valence-electron chi connectivity index (χ0n) is 15.8. The van der Waals surface area contributed by atoms with Crippen molar-refractivity contribution < 1.29 is 22.4 Å². The van der Waals surface area contributed by atoms with Crippen LogP contribution in [0.4, 0.5) is 0 Å². The van der Waals surface area contributed by atoms with Gasteiger partial charge in [0.1, 0.15) is 11.5 Å². The molecular weight excluding hydrogens is 395 g/mol. The first-order chi connectivity index (χ1) is 13.3. The molecule has 0 saturated heterocycles. The van der Waals surface area contributed by atoms with Gasteiger partial charge in [-0.15, -0.1) is 0 Å². The van der Waals surface area contributed by atoms with Crippen molar-refractivity contribution in [2.24, 2.45) is 0 Å². The minimum Gasteiger partial charge on any atom is -0.497 e. The molecule has 3 rings (SSSR count). The van der Waals surface area contributed by atoms with E-state index < -0.39 is 18.0 Å². The van der Waals surface area contributed by atoms with Crippen molar-refractivity contribution in [1.29, 1.82) is 0 Å². The molecule has 0 aliphatic rings. The fraction of sp³-hybridized carbons (Fsp3) is 0.143. The Morgan fingerprint density at radius 2 is 1.18 bits per heavy atom. The Morgan fingerprint density at radius 1 is 0.750 bits per heavy atom. The summed E-state index contributed by atoms with van der Waals surface area (Å²) in [5, 5.41) is 2.89. The summed E-state index contributed by atoms with van der Waals surface area (Å²) in [7, 11) is -2.13. The van der Waals surface area contributed by atoms with Crippen LogP contribution in [-0.2, 0) is 10.1 Å². The standard InChI is InChI=1S/C21H21O5PS/c1-15-4-9-20(14-21(15)28(22,23)24)27(18-10-5-16(25-2)6-11-18)19-12-7-17(26-3)8-13-19/h4-14H,1-3H3,(H,22,23,24). The lowest BCUT2D eigenvalue weighted by atomic mass is 10.2. The SMILES string of the molecule is COc1ccc(P(c2ccc(OC)cc2)c2ccc(C)c(S(=O)(=O)O)c2)cc1. The molecule has 0 fully saturated rings. The van der Waals surface area contributed by atoms with Crippen LogP contribution in [0.25, 0.3) is 0 Å². The molecule has 1 N–H and O–H groups in total. The second-order valence-electron chi connectivity index (χ2n) is 6.16. The highest BCUT2D eigenvalue weighted by molar-refractivity contribution is 7.86. The molecule has 0 aromatic heterocycles. The van der Waals surface area contributed by atoms with Gasteiger partial charge in [-0.25, -0.2) is 0 Å². The molecule has 3 aromatic carbocycles. The van der Waals surface area contributed by atoms with E-state index in [0.29, 0.717) is 5.56 Å². The zero-order chi connectivity index (χ0) is 20.3. The Kier molecular flexibility index (Phi) is 6.04. The van der Waals surface area contributed by atoms with Crippen molar-refractivity contribution in [3.05, 3.63) is 72.3 Å². The molecule has 0 spiro atoms. The highest BCUT2D eigenvalue weighted by atomic mass is 32.2. The second kappa shape index (κ2) is 8.31. The fourth-order valence-corrected chi connectivity index (χ4v) is 6.02. The van der Waals surface area contributed by atoms with Gasteiger partial charge in [-0.05, 0) is 66.7 Å².